The molecule has 0 unspecified atom stereocenters. The van der Waals surface area contributed by atoms with Gasteiger partial charge in [-0.1, -0.05) is 15.9 Å². The molecular weight excluding hydrogens is 296 g/mol. The summed E-state index contributed by atoms with van der Waals surface area (Å²) in [5.41, 5.74) is 1.20. The summed E-state index contributed by atoms with van der Waals surface area (Å²) in [6.45, 7) is 3.05. The topological polar surface area (TPSA) is 35.5 Å². The van der Waals surface area contributed by atoms with Gasteiger partial charge in [0.2, 0.25) is 0 Å². The van der Waals surface area contributed by atoms with Crippen molar-refractivity contribution >= 4 is 21.7 Å². The largest absolute Gasteiger partial charge is 0.489 e. The second-order valence-corrected chi connectivity index (χ2v) is 6.20. The minimum atomic E-state index is 0.142. The van der Waals surface area contributed by atoms with Crippen molar-refractivity contribution in [2.24, 2.45) is 5.41 Å². The molecule has 0 atom stereocenters. The summed E-state index contributed by atoms with van der Waals surface area (Å²) in [6, 6.07) is 3.83. The Balaban J connectivity index is 1.90. The maximum atomic E-state index is 11.2. The monoisotopic (exact) mass is 310 g/mol. The third-order valence-electron chi connectivity index (χ3n) is 3.58. The van der Waals surface area contributed by atoms with Gasteiger partial charge in [-0.25, -0.2) is 0 Å². The molecule has 1 heterocycles. The number of Topliss-reactive ketones (excluding diaryl/α,β-unsaturated/α-hetero) is 1. The van der Waals surface area contributed by atoms with E-state index in [2.05, 4.69) is 15.9 Å². The van der Waals surface area contributed by atoms with Gasteiger partial charge in [-0.15, -0.1) is 0 Å². The van der Waals surface area contributed by atoms with Crippen LogP contribution in [0.15, 0.2) is 16.6 Å². The van der Waals surface area contributed by atoms with Gasteiger partial charge in [0, 0.05) is 16.3 Å². The number of benzene rings is 1. The second kappa shape index (κ2) is 4.26. The quantitative estimate of drug-likeness (QED) is 0.842. The average molecular weight is 311 g/mol. The van der Waals surface area contributed by atoms with Crippen molar-refractivity contribution in [3.8, 4) is 11.5 Å². The summed E-state index contributed by atoms with van der Waals surface area (Å²) in [6.07, 6.45) is 2.79. The summed E-state index contributed by atoms with van der Waals surface area (Å²) in [5, 5.41) is 0. The number of fused-ring (bicyclic) bond motifs is 1. The number of hydrogen-bond acceptors (Lipinski definition) is 3. The number of ketones is 1. The molecule has 1 fully saturated rings. The lowest BCUT2D eigenvalue weighted by molar-refractivity contribution is -0.116. The highest BCUT2D eigenvalue weighted by molar-refractivity contribution is 9.10. The Labute approximate surface area is 115 Å². The third-order valence-corrected chi connectivity index (χ3v) is 4.32. The van der Waals surface area contributed by atoms with Crippen molar-refractivity contribution < 1.29 is 14.3 Å². The summed E-state index contributed by atoms with van der Waals surface area (Å²) < 4.78 is 12.6. The molecule has 4 heteroatoms. The van der Waals surface area contributed by atoms with Crippen molar-refractivity contribution in [3.05, 3.63) is 22.2 Å². The molecule has 3 rings (SSSR count). The van der Waals surface area contributed by atoms with Crippen LogP contribution in [0.4, 0.5) is 0 Å². The molecule has 0 radical (unpaired) electrons. The molecule has 1 aliphatic heterocycles. The molecule has 3 nitrogen and oxygen atoms in total. The van der Waals surface area contributed by atoms with E-state index >= 15 is 0 Å². The normalized spacial score (nSPS) is 19.4. The molecular formula is C14H15BrO3. The molecule has 0 N–H and O–H groups in total. The van der Waals surface area contributed by atoms with Crippen LogP contribution in [0.1, 0.15) is 25.3 Å². The Morgan fingerprint density at radius 1 is 1.28 bits per heavy atom. The lowest BCUT2D eigenvalue weighted by Crippen LogP contribution is -2.17. The SMILES string of the molecule is CC(=O)Cc1cc2c(cc1Br)OCC1(CC1)CO2. The molecule has 2 aliphatic rings. The van der Waals surface area contributed by atoms with Gasteiger partial charge in [-0.3, -0.25) is 4.79 Å². The van der Waals surface area contributed by atoms with E-state index in [-0.39, 0.29) is 11.2 Å². The van der Waals surface area contributed by atoms with Crippen LogP contribution >= 0.6 is 15.9 Å². The molecule has 1 saturated carbocycles. The van der Waals surface area contributed by atoms with Crippen molar-refractivity contribution in [1.29, 1.82) is 0 Å². The fraction of sp³-hybridized carbons (Fsp3) is 0.500. The van der Waals surface area contributed by atoms with E-state index in [1.165, 1.54) is 12.8 Å². The molecule has 0 saturated heterocycles. The molecule has 1 aliphatic carbocycles. The molecule has 96 valence electrons. The first kappa shape index (κ1) is 12.0. The van der Waals surface area contributed by atoms with Crippen LogP contribution in [0.25, 0.3) is 0 Å². The van der Waals surface area contributed by atoms with E-state index in [9.17, 15) is 4.79 Å². The second-order valence-electron chi connectivity index (χ2n) is 5.35. The third kappa shape index (κ3) is 2.26. The molecule has 18 heavy (non-hydrogen) atoms. The Bertz CT molecular complexity index is 506. The van der Waals surface area contributed by atoms with E-state index in [0.717, 1.165) is 34.7 Å². The first-order valence-electron chi connectivity index (χ1n) is 6.15. The highest BCUT2D eigenvalue weighted by Gasteiger charge is 2.46. The lowest BCUT2D eigenvalue weighted by Gasteiger charge is -2.10. The minimum absolute atomic E-state index is 0.142. The highest BCUT2D eigenvalue weighted by atomic mass is 79.9. The van der Waals surface area contributed by atoms with Crippen molar-refractivity contribution in [2.75, 3.05) is 13.2 Å². The van der Waals surface area contributed by atoms with Crippen molar-refractivity contribution in [2.45, 2.75) is 26.2 Å². The number of halogens is 1. The average Bonchev–Trinajstić information content (AvgIpc) is 3.09. The van der Waals surface area contributed by atoms with Crippen molar-refractivity contribution in [1.82, 2.24) is 0 Å². The predicted octanol–water partition coefficient (Wildman–Crippen LogP) is 3.13. The summed E-state index contributed by atoms with van der Waals surface area (Å²) in [5.74, 6) is 1.68. The zero-order chi connectivity index (χ0) is 12.8. The maximum Gasteiger partial charge on any atom is 0.162 e. The Hall–Kier alpha value is -1.03. The van der Waals surface area contributed by atoms with Gasteiger partial charge in [-0.05, 0) is 37.5 Å². The fourth-order valence-corrected chi connectivity index (χ4v) is 2.64. The lowest BCUT2D eigenvalue weighted by atomic mass is 10.1. The molecule has 0 aromatic heterocycles. The van der Waals surface area contributed by atoms with Crippen LogP contribution in [0.5, 0.6) is 11.5 Å². The summed E-state index contributed by atoms with van der Waals surface area (Å²) in [7, 11) is 0. The number of rotatable bonds is 2. The van der Waals surface area contributed by atoms with Crippen LogP contribution < -0.4 is 9.47 Å². The maximum absolute atomic E-state index is 11.2. The smallest absolute Gasteiger partial charge is 0.162 e. The fourth-order valence-electron chi connectivity index (χ4n) is 2.18. The first-order chi connectivity index (χ1) is 8.58. The van der Waals surface area contributed by atoms with E-state index in [1.807, 2.05) is 12.1 Å². The van der Waals surface area contributed by atoms with Gasteiger partial charge < -0.3 is 9.47 Å². The van der Waals surface area contributed by atoms with Gasteiger partial charge in [0.05, 0.1) is 13.2 Å². The van der Waals surface area contributed by atoms with E-state index in [1.54, 1.807) is 6.92 Å². The van der Waals surface area contributed by atoms with E-state index in [0.29, 0.717) is 6.42 Å². The van der Waals surface area contributed by atoms with Gasteiger partial charge in [-0.2, -0.15) is 0 Å². The molecule has 0 bridgehead atoms. The highest BCUT2D eigenvalue weighted by Crippen LogP contribution is 2.49. The van der Waals surface area contributed by atoms with E-state index in [4.69, 9.17) is 9.47 Å². The Morgan fingerprint density at radius 2 is 1.89 bits per heavy atom. The molecule has 0 amide bonds. The number of ether oxygens (including phenoxy) is 2. The standard InChI is InChI=1S/C14H15BrO3/c1-9(16)4-10-5-12-13(6-11(10)15)18-8-14(2-3-14)7-17-12/h5-6H,2-4,7-8H2,1H3. The number of carbonyl (C=O) groups excluding carboxylic acids is 1. The molecule has 1 spiro atoms. The van der Waals surface area contributed by atoms with Crippen LogP contribution in [0.2, 0.25) is 0 Å². The van der Waals surface area contributed by atoms with Crippen LogP contribution in [-0.2, 0) is 11.2 Å². The van der Waals surface area contributed by atoms with Gasteiger partial charge in [0.1, 0.15) is 5.78 Å². The summed E-state index contributed by atoms with van der Waals surface area (Å²) in [4.78, 5) is 11.2. The van der Waals surface area contributed by atoms with Gasteiger partial charge in [0.15, 0.2) is 11.5 Å². The Kier molecular flexibility index (Phi) is 2.85. The number of carbonyl (C=O) groups is 1. The van der Waals surface area contributed by atoms with Crippen molar-refractivity contribution in [3.63, 3.8) is 0 Å². The first-order valence-corrected chi connectivity index (χ1v) is 6.95. The number of hydrogen-bond donors (Lipinski definition) is 0. The van der Waals surface area contributed by atoms with Gasteiger partial charge >= 0.3 is 0 Å². The van der Waals surface area contributed by atoms with Gasteiger partial charge in [0.25, 0.3) is 0 Å². The summed E-state index contributed by atoms with van der Waals surface area (Å²) >= 11 is 3.49. The zero-order valence-electron chi connectivity index (χ0n) is 10.3. The Morgan fingerprint density at radius 3 is 2.44 bits per heavy atom. The molecule has 1 aromatic carbocycles. The predicted molar refractivity (Wildman–Crippen MR) is 71.2 cm³/mol. The van der Waals surface area contributed by atoms with Crippen LogP contribution in [0, 0.1) is 5.41 Å². The van der Waals surface area contributed by atoms with E-state index < -0.39 is 0 Å². The minimum Gasteiger partial charge on any atom is -0.489 e. The molecule has 1 aromatic rings. The van der Waals surface area contributed by atoms with Crippen LogP contribution in [-0.4, -0.2) is 19.0 Å². The van der Waals surface area contributed by atoms with Crippen LogP contribution in [0.3, 0.4) is 0 Å². The zero-order valence-corrected chi connectivity index (χ0v) is 11.9.